The van der Waals surface area contributed by atoms with Gasteiger partial charge < -0.3 is 9.47 Å². The van der Waals surface area contributed by atoms with E-state index in [4.69, 9.17) is 4.74 Å². The van der Waals surface area contributed by atoms with Gasteiger partial charge in [-0.1, -0.05) is 19.9 Å². The molecule has 0 spiro atoms. The number of carbonyl (C=O) groups is 2. The summed E-state index contributed by atoms with van der Waals surface area (Å²) in [5.41, 5.74) is -2.42. The van der Waals surface area contributed by atoms with Crippen molar-refractivity contribution in [3.05, 3.63) is 40.5 Å². The number of rotatable bonds is 6. The fourth-order valence-corrected chi connectivity index (χ4v) is 2.96. The van der Waals surface area contributed by atoms with Gasteiger partial charge in [-0.3, -0.25) is 9.59 Å². The SMILES string of the molecule is COc1c(F)c(F)c(COC(=O)C2(C=C(C)C=O)CC2(C)C)c(F)c1F. The van der Waals surface area contributed by atoms with Gasteiger partial charge >= 0.3 is 5.97 Å². The Morgan fingerprint density at radius 1 is 1.12 bits per heavy atom. The Balaban J connectivity index is 2.29. The summed E-state index contributed by atoms with van der Waals surface area (Å²) >= 11 is 0. The quantitative estimate of drug-likeness (QED) is 0.250. The van der Waals surface area contributed by atoms with E-state index in [-0.39, 0.29) is 0 Å². The molecule has 0 bridgehead atoms. The molecule has 1 unspecified atom stereocenters. The smallest absolute Gasteiger partial charge is 0.316 e. The third-order valence-electron chi connectivity index (χ3n) is 4.69. The fourth-order valence-electron chi connectivity index (χ4n) is 2.96. The van der Waals surface area contributed by atoms with Crippen LogP contribution in [0.25, 0.3) is 0 Å². The van der Waals surface area contributed by atoms with Gasteiger partial charge in [0, 0.05) is 0 Å². The van der Waals surface area contributed by atoms with Crippen LogP contribution in [0.15, 0.2) is 11.6 Å². The molecule has 26 heavy (non-hydrogen) atoms. The largest absolute Gasteiger partial charge is 0.491 e. The maximum Gasteiger partial charge on any atom is 0.316 e. The van der Waals surface area contributed by atoms with E-state index in [0.29, 0.717) is 18.3 Å². The molecule has 0 N–H and O–H groups in total. The molecule has 1 fully saturated rings. The van der Waals surface area contributed by atoms with E-state index in [1.54, 1.807) is 13.8 Å². The molecule has 2 rings (SSSR count). The summed E-state index contributed by atoms with van der Waals surface area (Å²) in [7, 11) is 0.862. The molecule has 0 aliphatic heterocycles. The van der Waals surface area contributed by atoms with Gasteiger partial charge in [0.05, 0.1) is 18.1 Å². The number of methoxy groups -OCH3 is 1. The number of allylic oxidation sites excluding steroid dienone is 1. The number of benzene rings is 1. The van der Waals surface area contributed by atoms with Gasteiger partial charge in [0.1, 0.15) is 12.9 Å². The zero-order valence-electron chi connectivity index (χ0n) is 14.7. The van der Waals surface area contributed by atoms with Crippen LogP contribution in [0.1, 0.15) is 32.8 Å². The summed E-state index contributed by atoms with van der Waals surface area (Å²) in [5, 5.41) is 0. The number of aldehydes is 1. The zero-order chi connectivity index (χ0) is 19.9. The molecule has 0 saturated heterocycles. The molecule has 1 aliphatic rings. The Labute approximate surface area is 147 Å². The van der Waals surface area contributed by atoms with Crippen molar-refractivity contribution in [3.8, 4) is 5.75 Å². The molecular formula is C18H18F4O4. The van der Waals surface area contributed by atoms with Gasteiger partial charge in [-0.25, -0.2) is 8.78 Å². The molecule has 0 heterocycles. The van der Waals surface area contributed by atoms with Gasteiger partial charge in [-0.05, 0) is 24.3 Å². The summed E-state index contributed by atoms with van der Waals surface area (Å²) in [6, 6.07) is 0. The topological polar surface area (TPSA) is 52.6 Å². The van der Waals surface area contributed by atoms with E-state index in [9.17, 15) is 27.2 Å². The third-order valence-corrected chi connectivity index (χ3v) is 4.69. The highest BCUT2D eigenvalue weighted by Crippen LogP contribution is 2.65. The van der Waals surface area contributed by atoms with Crippen molar-refractivity contribution < 1.29 is 36.6 Å². The minimum Gasteiger partial charge on any atom is -0.491 e. The van der Waals surface area contributed by atoms with Crippen molar-refractivity contribution in [1.29, 1.82) is 0 Å². The molecule has 1 aromatic rings. The van der Waals surface area contributed by atoms with Crippen molar-refractivity contribution in [2.75, 3.05) is 7.11 Å². The lowest BCUT2D eigenvalue weighted by atomic mass is 9.93. The fraction of sp³-hybridized carbons (Fsp3) is 0.444. The summed E-state index contributed by atoms with van der Waals surface area (Å²) in [6.45, 7) is 4.03. The monoisotopic (exact) mass is 374 g/mol. The van der Waals surface area contributed by atoms with Crippen molar-refractivity contribution in [1.82, 2.24) is 0 Å². The standard InChI is InChI=1S/C18H18F4O4/c1-9(6-23)5-18(8-17(18,2)3)16(24)26-7-10-11(19)13(21)15(25-4)14(22)12(10)20/h5-6H,7-8H2,1-4H3. The normalized spacial score (nSPS) is 21.3. The van der Waals surface area contributed by atoms with Crippen LogP contribution in [0.5, 0.6) is 5.75 Å². The van der Waals surface area contributed by atoms with E-state index in [2.05, 4.69) is 4.74 Å². The van der Waals surface area contributed by atoms with Crippen molar-refractivity contribution in [3.63, 3.8) is 0 Å². The van der Waals surface area contributed by atoms with Crippen LogP contribution in [-0.4, -0.2) is 19.4 Å². The van der Waals surface area contributed by atoms with Crippen LogP contribution in [0, 0.1) is 34.1 Å². The minimum absolute atomic E-state index is 0.298. The van der Waals surface area contributed by atoms with Crippen LogP contribution in [0.2, 0.25) is 0 Å². The predicted molar refractivity (Wildman–Crippen MR) is 83.3 cm³/mol. The second-order valence-corrected chi connectivity index (χ2v) is 6.88. The maximum absolute atomic E-state index is 14.0. The Kier molecular flexibility index (Phi) is 5.17. The van der Waals surface area contributed by atoms with Crippen LogP contribution in [0.4, 0.5) is 17.6 Å². The summed E-state index contributed by atoms with van der Waals surface area (Å²) in [4.78, 5) is 23.3. The number of ether oxygens (including phenoxy) is 2. The van der Waals surface area contributed by atoms with Crippen LogP contribution in [0.3, 0.4) is 0 Å². The van der Waals surface area contributed by atoms with E-state index in [1.165, 1.54) is 13.0 Å². The van der Waals surface area contributed by atoms with Crippen molar-refractivity contribution in [2.45, 2.75) is 33.8 Å². The van der Waals surface area contributed by atoms with Gasteiger partial charge in [0.25, 0.3) is 0 Å². The van der Waals surface area contributed by atoms with Crippen LogP contribution in [-0.2, 0) is 20.9 Å². The molecule has 0 aromatic heterocycles. The molecule has 1 aromatic carbocycles. The molecular weight excluding hydrogens is 356 g/mol. The lowest BCUT2D eigenvalue weighted by molar-refractivity contribution is -0.151. The maximum atomic E-state index is 14.0. The first-order valence-corrected chi connectivity index (χ1v) is 7.73. The Morgan fingerprint density at radius 3 is 2.00 bits per heavy atom. The van der Waals surface area contributed by atoms with Gasteiger partial charge in [-0.15, -0.1) is 0 Å². The number of carbonyl (C=O) groups excluding carboxylic acids is 2. The lowest BCUT2D eigenvalue weighted by Crippen LogP contribution is -2.23. The lowest BCUT2D eigenvalue weighted by Gasteiger charge is -2.17. The van der Waals surface area contributed by atoms with E-state index >= 15 is 0 Å². The van der Waals surface area contributed by atoms with Crippen LogP contribution < -0.4 is 4.74 Å². The van der Waals surface area contributed by atoms with Gasteiger partial charge in [-0.2, -0.15) is 8.78 Å². The second kappa shape index (κ2) is 6.74. The number of esters is 1. The second-order valence-electron chi connectivity index (χ2n) is 6.88. The average Bonchev–Trinajstić information content (AvgIpc) is 3.15. The first kappa shape index (κ1) is 19.9. The molecule has 8 heteroatoms. The highest BCUT2D eigenvalue weighted by Gasteiger charge is 2.66. The molecule has 1 aliphatic carbocycles. The first-order chi connectivity index (χ1) is 12.0. The molecule has 4 nitrogen and oxygen atoms in total. The predicted octanol–water partition coefficient (Wildman–Crippen LogP) is 3.86. The van der Waals surface area contributed by atoms with Gasteiger partial charge in [0.2, 0.25) is 11.6 Å². The Bertz CT molecular complexity index is 772. The Morgan fingerprint density at radius 2 is 1.62 bits per heavy atom. The summed E-state index contributed by atoms with van der Waals surface area (Å²) in [5.74, 6) is -8.85. The zero-order valence-corrected chi connectivity index (χ0v) is 14.7. The van der Waals surface area contributed by atoms with Crippen molar-refractivity contribution >= 4 is 12.3 Å². The molecule has 142 valence electrons. The third kappa shape index (κ3) is 3.08. The molecule has 1 atom stereocenters. The highest BCUT2D eigenvalue weighted by atomic mass is 19.2. The number of hydrogen-bond donors (Lipinski definition) is 0. The summed E-state index contributed by atoms with van der Waals surface area (Å²) < 4.78 is 64.6. The first-order valence-electron chi connectivity index (χ1n) is 7.73. The molecule has 0 amide bonds. The Hall–Kier alpha value is -2.38. The molecule has 1 saturated carbocycles. The van der Waals surface area contributed by atoms with Crippen molar-refractivity contribution in [2.24, 2.45) is 10.8 Å². The van der Waals surface area contributed by atoms with Gasteiger partial charge in [0.15, 0.2) is 17.4 Å². The highest BCUT2D eigenvalue weighted by molar-refractivity contribution is 5.86. The van der Waals surface area contributed by atoms with Crippen LogP contribution >= 0.6 is 0 Å². The van der Waals surface area contributed by atoms with E-state index in [0.717, 1.165) is 7.11 Å². The van der Waals surface area contributed by atoms with E-state index < -0.39 is 58.0 Å². The van der Waals surface area contributed by atoms with E-state index in [1.807, 2.05) is 0 Å². The average molecular weight is 374 g/mol. The molecule has 0 radical (unpaired) electrons. The number of halogens is 4. The minimum atomic E-state index is -1.71. The summed E-state index contributed by atoms with van der Waals surface area (Å²) in [6.07, 6.45) is 2.36. The number of hydrogen-bond acceptors (Lipinski definition) is 4.